The molecule has 2 rings (SSSR count). The lowest BCUT2D eigenvalue weighted by atomic mass is 10.2. The Morgan fingerprint density at radius 3 is 2.70 bits per heavy atom. The smallest absolute Gasteiger partial charge is 0.401 e. The van der Waals surface area contributed by atoms with E-state index in [1.54, 1.807) is 0 Å². The zero-order valence-electron chi connectivity index (χ0n) is 15.7. The van der Waals surface area contributed by atoms with Crippen LogP contribution in [0.25, 0.3) is 0 Å². The summed E-state index contributed by atoms with van der Waals surface area (Å²) in [4.78, 5) is 5.74. The van der Waals surface area contributed by atoms with Crippen LogP contribution in [0.4, 0.5) is 13.2 Å². The Morgan fingerprint density at radius 2 is 2.00 bits per heavy atom. The lowest BCUT2D eigenvalue weighted by Gasteiger charge is -2.25. The first kappa shape index (κ1) is 21.1. The van der Waals surface area contributed by atoms with E-state index in [-0.39, 0.29) is 6.10 Å². The number of hydrogen-bond donors (Lipinski definition) is 2. The second-order valence-corrected chi connectivity index (χ2v) is 6.35. The summed E-state index contributed by atoms with van der Waals surface area (Å²) >= 11 is 0. The molecular formula is C18H27F3N4O2. The van der Waals surface area contributed by atoms with Crippen molar-refractivity contribution in [3.05, 3.63) is 24.3 Å². The third-order valence-electron chi connectivity index (χ3n) is 3.82. The van der Waals surface area contributed by atoms with Gasteiger partial charge in [0, 0.05) is 13.1 Å². The first-order valence-corrected chi connectivity index (χ1v) is 9.03. The van der Waals surface area contributed by atoms with Gasteiger partial charge < -0.3 is 20.1 Å². The van der Waals surface area contributed by atoms with Crippen molar-refractivity contribution in [3.63, 3.8) is 0 Å². The largest absolute Gasteiger partial charge is 0.486 e. The third-order valence-corrected chi connectivity index (χ3v) is 3.82. The van der Waals surface area contributed by atoms with Crippen LogP contribution in [0.1, 0.15) is 13.3 Å². The molecule has 152 valence electrons. The van der Waals surface area contributed by atoms with Crippen LogP contribution in [0.5, 0.6) is 11.5 Å². The second-order valence-electron chi connectivity index (χ2n) is 6.35. The quantitative estimate of drug-likeness (QED) is 0.407. The van der Waals surface area contributed by atoms with Crippen LogP contribution in [0, 0.1) is 0 Å². The van der Waals surface area contributed by atoms with E-state index in [1.807, 2.05) is 31.2 Å². The van der Waals surface area contributed by atoms with Gasteiger partial charge in [0.1, 0.15) is 6.61 Å². The Morgan fingerprint density at radius 1 is 1.26 bits per heavy atom. The number of fused-ring (bicyclic) bond motifs is 1. The molecule has 1 aliphatic rings. The van der Waals surface area contributed by atoms with Crippen LogP contribution in [0.15, 0.2) is 29.3 Å². The molecule has 0 aliphatic carbocycles. The fourth-order valence-corrected chi connectivity index (χ4v) is 2.63. The van der Waals surface area contributed by atoms with Crippen molar-refractivity contribution in [2.24, 2.45) is 4.99 Å². The number of ether oxygens (including phenoxy) is 2. The van der Waals surface area contributed by atoms with E-state index >= 15 is 0 Å². The third kappa shape index (κ3) is 7.94. The van der Waals surface area contributed by atoms with Gasteiger partial charge in [-0.3, -0.25) is 4.90 Å². The predicted molar refractivity (Wildman–Crippen MR) is 98.5 cm³/mol. The van der Waals surface area contributed by atoms with Gasteiger partial charge >= 0.3 is 6.18 Å². The maximum Gasteiger partial charge on any atom is 0.401 e. The molecule has 2 N–H and O–H groups in total. The molecular weight excluding hydrogens is 361 g/mol. The van der Waals surface area contributed by atoms with Gasteiger partial charge in [-0.2, -0.15) is 13.2 Å². The van der Waals surface area contributed by atoms with Gasteiger partial charge in [-0.25, -0.2) is 4.99 Å². The lowest BCUT2D eigenvalue weighted by molar-refractivity contribution is -0.143. The highest BCUT2D eigenvalue weighted by Crippen LogP contribution is 2.30. The molecule has 1 aromatic rings. The SMILES string of the molecule is CCNC(=NCC1COc2ccccc2O1)NCCCN(C)CC(F)(F)F. The van der Waals surface area contributed by atoms with Crippen LogP contribution < -0.4 is 20.1 Å². The molecule has 0 spiro atoms. The zero-order chi connectivity index (χ0) is 19.7. The van der Waals surface area contributed by atoms with Crippen molar-refractivity contribution in [1.29, 1.82) is 0 Å². The van der Waals surface area contributed by atoms with E-state index in [0.717, 1.165) is 5.75 Å². The normalized spacial score (nSPS) is 17.1. The number of guanidine groups is 1. The molecule has 1 heterocycles. The van der Waals surface area contributed by atoms with Gasteiger partial charge in [-0.15, -0.1) is 0 Å². The summed E-state index contributed by atoms with van der Waals surface area (Å²) in [6, 6.07) is 7.48. The van der Waals surface area contributed by atoms with Gasteiger partial charge in [-0.1, -0.05) is 12.1 Å². The van der Waals surface area contributed by atoms with E-state index in [0.29, 0.717) is 50.9 Å². The van der Waals surface area contributed by atoms with Crippen LogP contribution in [-0.2, 0) is 0 Å². The van der Waals surface area contributed by atoms with E-state index in [2.05, 4.69) is 15.6 Å². The number of hydrogen-bond acceptors (Lipinski definition) is 4. The molecule has 0 radical (unpaired) electrons. The number of benzene rings is 1. The molecule has 0 amide bonds. The van der Waals surface area contributed by atoms with Crippen LogP contribution in [0.3, 0.4) is 0 Å². The summed E-state index contributed by atoms with van der Waals surface area (Å²) in [6.07, 6.45) is -3.78. The number of nitrogens with one attached hydrogen (secondary N) is 2. The minimum Gasteiger partial charge on any atom is -0.486 e. The van der Waals surface area contributed by atoms with Crippen LogP contribution >= 0.6 is 0 Å². The predicted octanol–water partition coefficient (Wildman–Crippen LogP) is 2.27. The van der Waals surface area contributed by atoms with E-state index < -0.39 is 12.7 Å². The summed E-state index contributed by atoms with van der Waals surface area (Å²) in [6.45, 7) is 3.44. The second kappa shape index (κ2) is 10.2. The Bertz CT molecular complexity index is 611. The van der Waals surface area contributed by atoms with Crippen molar-refractivity contribution in [2.75, 3.05) is 46.4 Å². The van der Waals surface area contributed by atoms with Crippen molar-refractivity contribution >= 4 is 5.96 Å². The Balaban J connectivity index is 1.74. The fourth-order valence-electron chi connectivity index (χ4n) is 2.63. The number of alkyl halides is 3. The Labute approximate surface area is 157 Å². The van der Waals surface area contributed by atoms with E-state index in [1.165, 1.54) is 11.9 Å². The molecule has 1 aliphatic heterocycles. The minimum absolute atomic E-state index is 0.187. The van der Waals surface area contributed by atoms with Crippen LogP contribution in [0.2, 0.25) is 0 Å². The van der Waals surface area contributed by atoms with Gasteiger partial charge in [0.2, 0.25) is 0 Å². The molecule has 6 nitrogen and oxygen atoms in total. The monoisotopic (exact) mass is 388 g/mol. The minimum atomic E-state index is -4.17. The number of aliphatic imine (C=N–C) groups is 1. The number of halogens is 3. The van der Waals surface area contributed by atoms with Crippen molar-refractivity contribution in [1.82, 2.24) is 15.5 Å². The molecule has 0 aromatic heterocycles. The van der Waals surface area contributed by atoms with Gasteiger partial charge in [0.25, 0.3) is 0 Å². The average molecular weight is 388 g/mol. The Kier molecular flexibility index (Phi) is 8.02. The van der Waals surface area contributed by atoms with Crippen molar-refractivity contribution in [2.45, 2.75) is 25.6 Å². The molecule has 0 saturated heterocycles. The fraction of sp³-hybridized carbons (Fsp3) is 0.611. The highest BCUT2D eigenvalue weighted by atomic mass is 19.4. The topological polar surface area (TPSA) is 58.1 Å². The molecule has 1 unspecified atom stereocenters. The zero-order valence-corrected chi connectivity index (χ0v) is 15.7. The standard InChI is InChI=1S/C18H27F3N4O2/c1-3-22-17(23-9-6-10-25(2)13-18(19,20)21)24-11-14-12-26-15-7-4-5-8-16(15)27-14/h4-5,7-8,14H,3,6,9-13H2,1-2H3,(H2,22,23,24). The molecule has 0 bridgehead atoms. The molecule has 0 saturated carbocycles. The molecule has 0 fully saturated rings. The van der Waals surface area contributed by atoms with Gasteiger partial charge in [0.15, 0.2) is 23.6 Å². The highest BCUT2D eigenvalue weighted by Gasteiger charge is 2.28. The summed E-state index contributed by atoms with van der Waals surface area (Å²) in [5.74, 6) is 2.04. The molecule has 1 aromatic carbocycles. The lowest BCUT2D eigenvalue weighted by Crippen LogP contribution is -2.40. The summed E-state index contributed by atoms with van der Waals surface area (Å²) < 4.78 is 48.4. The summed E-state index contributed by atoms with van der Waals surface area (Å²) in [7, 11) is 1.46. The number of para-hydroxylation sites is 2. The maximum atomic E-state index is 12.3. The van der Waals surface area contributed by atoms with Crippen LogP contribution in [-0.4, -0.2) is 69.5 Å². The molecule has 27 heavy (non-hydrogen) atoms. The average Bonchev–Trinajstić information content (AvgIpc) is 2.61. The molecule has 1 atom stereocenters. The van der Waals surface area contributed by atoms with Gasteiger partial charge in [0.05, 0.1) is 13.1 Å². The van der Waals surface area contributed by atoms with Gasteiger partial charge in [-0.05, 0) is 39.1 Å². The maximum absolute atomic E-state index is 12.3. The molecule has 9 heteroatoms. The summed E-state index contributed by atoms with van der Waals surface area (Å²) in [5.41, 5.74) is 0. The highest BCUT2D eigenvalue weighted by molar-refractivity contribution is 5.79. The van der Waals surface area contributed by atoms with Crippen molar-refractivity contribution < 1.29 is 22.6 Å². The van der Waals surface area contributed by atoms with Crippen molar-refractivity contribution in [3.8, 4) is 11.5 Å². The Hall–Kier alpha value is -2.16. The first-order valence-electron chi connectivity index (χ1n) is 9.03. The number of rotatable bonds is 8. The van der Waals surface area contributed by atoms with E-state index in [4.69, 9.17) is 9.47 Å². The number of nitrogens with zero attached hydrogens (tertiary/aromatic N) is 2. The first-order chi connectivity index (χ1) is 12.9. The summed E-state index contributed by atoms with van der Waals surface area (Å²) in [5, 5.41) is 6.25. The van der Waals surface area contributed by atoms with E-state index in [9.17, 15) is 13.2 Å².